The summed E-state index contributed by atoms with van der Waals surface area (Å²) in [5.41, 5.74) is 0.663. The Bertz CT molecular complexity index is 930. The van der Waals surface area contributed by atoms with Gasteiger partial charge in [0.05, 0.1) is 11.6 Å². The number of nitrogens with one attached hydrogen (secondary N) is 1. The summed E-state index contributed by atoms with van der Waals surface area (Å²) in [4.78, 5) is 2.14. The molecule has 0 radical (unpaired) electrons. The average Bonchev–Trinajstić information content (AvgIpc) is 2.69. The summed E-state index contributed by atoms with van der Waals surface area (Å²) in [7, 11) is 0. The molecule has 0 aromatic heterocycles. The lowest BCUT2D eigenvalue weighted by Crippen LogP contribution is -2.45. The molecule has 0 spiro atoms. The minimum atomic E-state index is -4.38. The second-order valence-corrected chi connectivity index (χ2v) is 6.88. The smallest absolute Gasteiger partial charge is 0.314 e. The Hall–Kier alpha value is -2.37. The Morgan fingerprint density at radius 2 is 1.48 bits per heavy atom. The van der Waals surface area contributed by atoms with Crippen molar-refractivity contribution in [3.8, 4) is 0 Å². The van der Waals surface area contributed by atoms with Crippen molar-refractivity contribution in [1.82, 2.24) is 10.2 Å². The second-order valence-electron chi connectivity index (χ2n) is 6.88. The lowest BCUT2D eigenvalue weighted by atomic mass is 9.91. The predicted molar refractivity (Wildman–Crippen MR) is 102 cm³/mol. The topological polar surface area (TPSA) is 15.3 Å². The van der Waals surface area contributed by atoms with Gasteiger partial charge in [0.15, 0.2) is 0 Å². The molecule has 1 aliphatic heterocycles. The molecule has 1 saturated heterocycles. The minimum Gasteiger partial charge on any atom is -0.314 e. The molecule has 0 bridgehead atoms. The maximum absolute atomic E-state index is 13.7. The number of hydrogen-bond acceptors (Lipinski definition) is 2. The standard InChI is InChI=1S/C22H21F3N2/c23-22(24,25)20-8-4-3-7-19(20)21(27-13-11-26-12-14-27)18-10-9-16-5-1-2-6-17(16)15-18/h1-10,15,21,26H,11-14H2. The molecular weight excluding hydrogens is 349 g/mol. The SMILES string of the molecule is FC(F)(F)c1ccccc1C(c1ccc2ccccc2c1)N1CCNCC1. The third-order valence-electron chi connectivity index (χ3n) is 5.17. The van der Waals surface area contributed by atoms with Crippen LogP contribution < -0.4 is 5.32 Å². The van der Waals surface area contributed by atoms with Crippen LogP contribution in [0.15, 0.2) is 66.7 Å². The van der Waals surface area contributed by atoms with E-state index in [4.69, 9.17) is 0 Å². The number of rotatable bonds is 3. The first-order chi connectivity index (χ1) is 13.0. The molecule has 5 heteroatoms. The van der Waals surface area contributed by atoms with Crippen LogP contribution in [0.3, 0.4) is 0 Å². The molecule has 27 heavy (non-hydrogen) atoms. The lowest BCUT2D eigenvalue weighted by molar-refractivity contribution is -0.138. The van der Waals surface area contributed by atoms with Gasteiger partial charge in [0.2, 0.25) is 0 Å². The van der Waals surface area contributed by atoms with Crippen molar-refractivity contribution < 1.29 is 13.2 Å². The molecule has 1 unspecified atom stereocenters. The summed E-state index contributed by atoms with van der Waals surface area (Å²) in [6, 6.07) is 19.5. The Morgan fingerprint density at radius 3 is 2.22 bits per heavy atom. The summed E-state index contributed by atoms with van der Waals surface area (Å²) in [5.74, 6) is 0. The van der Waals surface area contributed by atoms with E-state index in [0.717, 1.165) is 29.4 Å². The summed E-state index contributed by atoms with van der Waals surface area (Å²) < 4.78 is 41.1. The maximum Gasteiger partial charge on any atom is 0.416 e. The highest BCUT2D eigenvalue weighted by molar-refractivity contribution is 5.83. The third kappa shape index (κ3) is 3.70. The fourth-order valence-corrected chi connectivity index (χ4v) is 3.90. The van der Waals surface area contributed by atoms with Crippen LogP contribution in [-0.2, 0) is 6.18 Å². The molecule has 140 valence electrons. The van der Waals surface area contributed by atoms with Crippen LogP contribution in [0.2, 0.25) is 0 Å². The van der Waals surface area contributed by atoms with Crippen molar-refractivity contribution in [2.24, 2.45) is 0 Å². The van der Waals surface area contributed by atoms with Gasteiger partial charge in [-0.05, 0) is 34.0 Å². The zero-order valence-corrected chi connectivity index (χ0v) is 14.8. The first kappa shape index (κ1) is 18.0. The molecule has 1 aliphatic rings. The monoisotopic (exact) mass is 370 g/mol. The van der Waals surface area contributed by atoms with Gasteiger partial charge in [-0.1, -0.05) is 54.6 Å². The maximum atomic E-state index is 13.7. The van der Waals surface area contributed by atoms with E-state index >= 15 is 0 Å². The number of nitrogens with zero attached hydrogens (tertiary/aromatic N) is 1. The van der Waals surface area contributed by atoms with Gasteiger partial charge in [-0.2, -0.15) is 13.2 Å². The molecule has 0 amide bonds. The average molecular weight is 370 g/mol. The summed E-state index contributed by atoms with van der Waals surface area (Å²) in [6.45, 7) is 2.98. The zero-order valence-electron chi connectivity index (χ0n) is 14.8. The van der Waals surface area contributed by atoms with Crippen molar-refractivity contribution in [2.75, 3.05) is 26.2 Å². The number of hydrogen-bond donors (Lipinski definition) is 1. The predicted octanol–water partition coefficient (Wildman–Crippen LogP) is 4.85. The van der Waals surface area contributed by atoms with Gasteiger partial charge in [0, 0.05) is 26.2 Å². The van der Waals surface area contributed by atoms with E-state index in [0.29, 0.717) is 18.7 Å². The van der Waals surface area contributed by atoms with Crippen LogP contribution in [0.4, 0.5) is 13.2 Å². The summed E-state index contributed by atoms with van der Waals surface area (Å²) in [5, 5.41) is 5.41. The van der Waals surface area contributed by atoms with E-state index in [9.17, 15) is 13.2 Å². The molecule has 0 aliphatic carbocycles. The fraction of sp³-hybridized carbons (Fsp3) is 0.273. The van der Waals surface area contributed by atoms with E-state index in [1.807, 2.05) is 42.5 Å². The highest BCUT2D eigenvalue weighted by atomic mass is 19.4. The minimum absolute atomic E-state index is 0.321. The highest BCUT2D eigenvalue weighted by Gasteiger charge is 2.37. The van der Waals surface area contributed by atoms with E-state index in [1.54, 1.807) is 12.1 Å². The van der Waals surface area contributed by atoms with Gasteiger partial charge < -0.3 is 5.32 Å². The van der Waals surface area contributed by atoms with Crippen molar-refractivity contribution in [1.29, 1.82) is 0 Å². The molecule has 2 nitrogen and oxygen atoms in total. The van der Waals surface area contributed by atoms with Crippen molar-refractivity contribution in [3.05, 3.63) is 83.4 Å². The quantitative estimate of drug-likeness (QED) is 0.709. The molecule has 0 saturated carbocycles. The Kier molecular flexibility index (Phi) is 4.89. The van der Waals surface area contributed by atoms with Gasteiger partial charge >= 0.3 is 6.18 Å². The van der Waals surface area contributed by atoms with E-state index < -0.39 is 17.8 Å². The number of alkyl halides is 3. The number of fused-ring (bicyclic) bond motifs is 1. The van der Waals surface area contributed by atoms with Gasteiger partial charge in [-0.15, -0.1) is 0 Å². The lowest BCUT2D eigenvalue weighted by Gasteiger charge is -2.36. The molecule has 1 atom stereocenters. The normalized spacial score (nSPS) is 17.1. The molecule has 1 N–H and O–H groups in total. The van der Waals surface area contributed by atoms with Crippen molar-refractivity contribution in [3.63, 3.8) is 0 Å². The number of halogens is 3. The van der Waals surface area contributed by atoms with Crippen molar-refractivity contribution >= 4 is 10.8 Å². The molecule has 3 aromatic carbocycles. The molecule has 4 rings (SSSR count). The first-order valence-corrected chi connectivity index (χ1v) is 9.13. The van der Waals surface area contributed by atoms with Crippen molar-refractivity contribution in [2.45, 2.75) is 12.2 Å². The molecule has 1 fully saturated rings. The molecule has 1 heterocycles. The van der Waals surface area contributed by atoms with Crippen LogP contribution >= 0.6 is 0 Å². The Balaban J connectivity index is 1.87. The Labute approximate surface area is 156 Å². The zero-order chi connectivity index (χ0) is 18.9. The van der Waals surface area contributed by atoms with Gasteiger partial charge in [-0.3, -0.25) is 4.90 Å². The molecule has 3 aromatic rings. The first-order valence-electron chi connectivity index (χ1n) is 9.13. The van der Waals surface area contributed by atoms with Crippen LogP contribution in [0.1, 0.15) is 22.7 Å². The van der Waals surface area contributed by atoms with E-state index in [2.05, 4.69) is 10.2 Å². The van der Waals surface area contributed by atoms with E-state index in [-0.39, 0.29) is 0 Å². The summed E-state index contributed by atoms with van der Waals surface area (Å²) in [6.07, 6.45) is -4.38. The van der Waals surface area contributed by atoms with Gasteiger partial charge in [-0.25, -0.2) is 0 Å². The second kappa shape index (κ2) is 7.33. The Morgan fingerprint density at radius 1 is 0.815 bits per heavy atom. The largest absolute Gasteiger partial charge is 0.416 e. The van der Waals surface area contributed by atoms with Crippen LogP contribution in [0.5, 0.6) is 0 Å². The van der Waals surface area contributed by atoms with Gasteiger partial charge in [0.25, 0.3) is 0 Å². The highest BCUT2D eigenvalue weighted by Crippen LogP contribution is 2.39. The van der Waals surface area contributed by atoms with Gasteiger partial charge in [0.1, 0.15) is 0 Å². The summed E-state index contributed by atoms with van der Waals surface area (Å²) >= 11 is 0. The number of piperazine rings is 1. The third-order valence-corrected chi connectivity index (χ3v) is 5.17. The van der Waals surface area contributed by atoms with E-state index in [1.165, 1.54) is 12.1 Å². The fourth-order valence-electron chi connectivity index (χ4n) is 3.90. The number of benzene rings is 3. The van der Waals surface area contributed by atoms with Crippen LogP contribution in [-0.4, -0.2) is 31.1 Å². The van der Waals surface area contributed by atoms with Crippen LogP contribution in [0.25, 0.3) is 10.8 Å². The molecular formula is C22H21F3N2. The van der Waals surface area contributed by atoms with Crippen LogP contribution in [0, 0.1) is 0 Å².